The molecule has 0 atom stereocenters. The van der Waals surface area contributed by atoms with Gasteiger partial charge in [-0.15, -0.1) is 11.6 Å². The van der Waals surface area contributed by atoms with Crippen molar-refractivity contribution in [2.45, 2.75) is 26.7 Å². The molecule has 0 fully saturated rings. The molecule has 0 spiro atoms. The molecule has 1 heterocycles. The summed E-state index contributed by atoms with van der Waals surface area (Å²) in [5, 5.41) is 0. The highest BCUT2D eigenvalue weighted by atomic mass is 35.5. The van der Waals surface area contributed by atoms with Crippen molar-refractivity contribution >= 4 is 17.4 Å². The van der Waals surface area contributed by atoms with E-state index in [1.54, 1.807) is 0 Å². The van der Waals surface area contributed by atoms with Crippen molar-refractivity contribution in [1.29, 1.82) is 0 Å². The second-order valence-corrected chi connectivity index (χ2v) is 5.45. The number of hydrogen-bond donors (Lipinski definition) is 0. The van der Waals surface area contributed by atoms with Crippen LogP contribution < -0.4 is 4.90 Å². The topological polar surface area (TPSA) is 16.1 Å². The summed E-state index contributed by atoms with van der Waals surface area (Å²) in [7, 11) is 1.95. The summed E-state index contributed by atoms with van der Waals surface area (Å²) in [5.74, 6) is 0.684. The highest BCUT2D eigenvalue weighted by Gasteiger charge is 2.17. The van der Waals surface area contributed by atoms with Gasteiger partial charge in [0.1, 0.15) is 11.6 Å². The van der Waals surface area contributed by atoms with Crippen molar-refractivity contribution in [2.75, 3.05) is 18.5 Å². The van der Waals surface area contributed by atoms with Crippen LogP contribution in [0.25, 0.3) is 0 Å². The molecule has 1 aromatic heterocycles. The zero-order chi connectivity index (χ0) is 12.3. The summed E-state index contributed by atoms with van der Waals surface area (Å²) < 4.78 is 13.0. The molecule has 0 bridgehead atoms. The van der Waals surface area contributed by atoms with E-state index in [9.17, 15) is 4.39 Å². The molecule has 0 unspecified atom stereocenters. The van der Waals surface area contributed by atoms with Gasteiger partial charge in [0.15, 0.2) is 0 Å². The Morgan fingerprint density at radius 2 is 2.06 bits per heavy atom. The fourth-order valence-electron chi connectivity index (χ4n) is 1.70. The van der Waals surface area contributed by atoms with Gasteiger partial charge >= 0.3 is 0 Å². The molecule has 0 aliphatic heterocycles. The van der Waals surface area contributed by atoms with Crippen molar-refractivity contribution in [1.82, 2.24) is 4.98 Å². The fourth-order valence-corrected chi connectivity index (χ4v) is 1.90. The SMILES string of the molecule is CN(CC(C)(C)C)c1ncc(F)cc1CCl. The van der Waals surface area contributed by atoms with E-state index in [0.29, 0.717) is 0 Å². The molecular formula is C12H18ClFN2. The lowest BCUT2D eigenvalue weighted by Crippen LogP contribution is -2.30. The maximum atomic E-state index is 13.0. The van der Waals surface area contributed by atoms with Crippen molar-refractivity contribution in [2.24, 2.45) is 5.41 Å². The Bertz CT molecular complexity index is 361. The Kier molecular flexibility index (Phi) is 4.14. The third-order valence-electron chi connectivity index (χ3n) is 2.13. The molecule has 0 saturated heterocycles. The Morgan fingerprint density at radius 1 is 1.44 bits per heavy atom. The second kappa shape index (κ2) is 5.00. The first-order valence-corrected chi connectivity index (χ1v) is 5.78. The van der Waals surface area contributed by atoms with Gasteiger partial charge in [-0.25, -0.2) is 9.37 Å². The molecule has 0 N–H and O–H groups in total. The van der Waals surface area contributed by atoms with Crippen LogP contribution in [0.4, 0.5) is 10.2 Å². The van der Waals surface area contributed by atoms with Crippen LogP contribution in [-0.4, -0.2) is 18.6 Å². The van der Waals surface area contributed by atoms with Crippen LogP contribution in [-0.2, 0) is 5.88 Å². The first-order chi connectivity index (χ1) is 7.33. The van der Waals surface area contributed by atoms with Gasteiger partial charge in [-0.3, -0.25) is 0 Å². The van der Waals surface area contributed by atoms with Crippen LogP contribution in [0.5, 0.6) is 0 Å². The third-order valence-corrected chi connectivity index (χ3v) is 2.41. The Balaban J connectivity index is 2.94. The average Bonchev–Trinajstić information content (AvgIpc) is 2.14. The Morgan fingerprint density at radius 3 is 2.56 bits per heavy atom. The number of rotatable bonds is 3. The quantitative estimate of drug-likeness (QED) is 0.758. The number of aromatic nitrogens is 1. The van der Waals surface area contributed by atoms with Gasteiger partial charge in [0.25, 0.3) is 0 Å². The minimum atomic E-state index is -0.344. The monoisotopic (exact) mass is 244 g/mol. The van der Waals surface area contributed by atoms with E-state index < -0.39 is 0 Å². The van der Waals surface area contributed by atoms with Gasteiger partial charge in [-0.1, -0.05) is 20.8 Å². The Hall–Kier alpha value is -0.830. The maximum Gasteiger partial charge on any atom is 0.141 e. The largest absolute Gasteiger partial charge is 0.359 e. The lowest BCUT2D eigenvalue weighted by atomic mass is 9.96. The maximum absolute atomic E-state index is 13.0. The van der Waals surface area contributed by atoms with Crippen molar-refractivity contribution in [3.05, 3.63) is 23.6 Å². The van der Waals surface area contributed by atoms with Crippen molar-refractivity contribution in [3.8, 4) is 0 Å². The fraction of sp³-hybridized carbons (Fsp3) is 0.583. The normalized spacial score (nSPS) is 11.6. The van der Waals surface area contributed by atoms with E-state index in [4.69, 9.17) is 11.6 Å². The number of anilines is 1. The standard InChI is InChI=1S/C12H18ClFN2/c1-12(2,3)8-16(4)11-9(6-13)5-10(14)7-15-11/h5,7H,6,8H2,1-4H3. The first-order valence-electron chi connectivity index (χ1n) is 5.25. The summed E-state index contributed by atoms with van der Waals surface area (Å²) in [6, 6.07) is 1.44. The van der Waals surface area contributed by atoms with E-state index >= 15 is 0 Å². The van der Waals surface area contributed by atoms with Crippen LogP contribution >= 0.6 is 11.6 Å². The summed E-state index contributed by atoms with van der Waals surface area (Å²) in [6.07, 6.45) is 1.23. The molecule has 16 heavy (non-hydrogen) atoms. The van der Waals surface area contributed by atoms with E-state index in [1.807, 2.05) is 11.9 Å². The Labute approximate surface area is 101 Å². The summed E-state index contributed by atoms with van der Waals surface area (Å²) in [5.41, 5.74) is 0.891. The molecule has 0 aliphatic rings. The predicted octanol–water partition coefficient (Wildman–Crippen LogP) is 3.44. The second-order valence-electron chi connectivity index (χ2n) is 5.19. The van der Waals surface area contributed by atoms with Crippen molar-refractivity contribution in [3.63, 3.8) is 0 Å². The smallest absolute Gasteiger partial charge is 0.141 e. The van der Waals surface area contributed by atoms with E-state index in [-0.39, 0.29) is 17.1 Å². The molecular weight excluding hydrogens is 227 g/mol. The van der Waals surface area contributed by atoms with E-state index in [2.05, 4.69) is 25.8 Å². The third kappa shape index (κ3) is 3.63. The van der Waals surface area contributed by atoms with Crippen LogP contribution in [0.2, 0.25) is 0 Å². The van der Waals surface area contributed by atoms with E-state index in [0.717, 1.165) is 17.9 Å². The van der Waals surface area contributed by atoms with E-state index in [1.165, 1.54) is 12.3 Å². The predicted molar refractivity (Wildman–Crippen MR) is 66.5 cm³/mol. The molecule has 0 aliphatic carbocycles. The summed E-state index contributed by atoms with van der Waals surface area (Å²) >= 11 is 5.79. The van der Waals surface area contributed by atoms with Gasteiger partial charge in [-0.2, -0.15) is 0 Å². The highest BCUT2D eigenvalue weighted by Crippen LogP contribution is 2.23. The summed E-state index contributed by atoms with van der Waals surface area (Å²) in [6.45, 7) is 7.28. The zero-order valence-electron chi connectivity index (χ0n) is 10.2. The molecule has 90 valence electrons. The first kappa shape index (κ1) is 13.2. The van der Waals surface area contributed by atoms with Crippen LogP contribution in [0.1, 0.15) is 26.3 Å². The molecule has 0 radical (unpaired) electrons. The number of hydrogen-bond acceptors (Lipinski definition) is 2. The molecule has 1 aromatic rings. The lowest BCUT2D eigenvalue weighted by Gasteiger charge is -2.28. The van der Waals surface area contributed by atoms with Crippen molar-refractivity contribution < 1.29 is 4.39 Å². The van der Waals surface area contributed by atoms with Gasteiger partial charge in [0, 0.05) is 19.2 Å². The number of pyridine rings is 1. The van der Waals surface area contributed by atoms with Crippen LogP contribution in [0, 0.1) is 11.2 Å². The minimum absolute atomic E-state index is 0.161. The average molecular weight is 245 g/mol. The molecule has 4 heteroatoms. The molecule has 2 nitrogen and oxygen atoms in total. The van der Waals surface area contributed by atoms with Gasteiger partial charge in [0.05, 0.1) is 12.1 Å². The number of alkyl halides is 1. The van der Waals surface area contributed by atoms with Gasteiger partial charge < -0.3 is 4.90 Å². The zero-order valence-corrected chi connectivity index (χ0v) is 11.0. The minimum Gasteiger partial charge on any atom is -0.359 e. The highest BCUT2D eigenvalue weighted by molar-refractivity contribution is 6.17. The van der Waals surface area contributed by atoms with Crippen LogP contribution in [0.3, 0.4) is 0 Å². The lowest BCUT2D eigenvalue weighted by molar-refractivity contribution is 0.417. The van der Waals surface area contributed by atoms with Gasteiger partial charge in [0.2, 0.25) is 0 Å². The molecule has 1 rings (SSSR count). The number of halogens is 2. The molecule has 0 saturated carbocycles. The summed E-state index contributed by atoms with van der Waals surface area (Å²) in [4.78, 5) is 6.11. The molecule has 0 aromatic carbocycles. The van der Waals surface area contributed by atoms with Crippen LogP contribution in [0.15, 0.2) is 12.3 Å². The van der Waals surface area contributed by atoms with Gasteiger partial charge in [-0.05, 0) is 11.5 Å². The number of nitrogens with zero attached hydrogens (tertiary/aromatic N) is 2. The molecule has 0 amide bonds.